The highest BCUT2D eigenvalue weighted by Crippen LogP contribution is 2.26. The van der Waals surface area contributed by atoms with E-state index in [1.807, 2.05) is 0 Å². The molecule has 0 N–H and O–H groups in total. The van der Waals surface area contributed by atoms with Crippen LogP contribution in [0.2, 0.25) is 0 Å². The molecule has 1 rings (SSSR count). The molecule has 0 saturated heterocycles. The van der Waals surface area contributed by atoms with Crippen LogP contribution in [-0.2, 0) is 20.2 Å². The zero-order valence-electron chi connectivity index (χ0n) is 8.41. The van der Waals surface area contributed by atoms with Gasteiger partial charge in [0.1, 0.15) is 5.82 Å². The van der Waals surface area contributed by atoms with Gasteiger partial charge in [0.2, 0.25) is 0 Å². The Bertz CT molecular complexity index is 272. The van der Waals surface area contributed by atoms with Gasteiger partial charge in [-0.25, -0.2) is 4.39 Å². The van der Waals surface area contributed by atoms with Crippen molar-refractivity contribution in [3.8, 4) is 0 Å². The molecule has 0 atom stereocenters. The summed E-state index contributed by atoms with van der Waals surface area (Å²) in [6, 6.07) is 5.74. The van der Waals surface area contributed by atoms with Crippen LogP contribution in [0.15, 0.2) is 24.3 Å². The summed E-state index contributed by atoms with van der Waals surface area (Å²) in [5, 5.41) is 0. The molecule has 0 bridgehead atoms. The molecule has 0 heterocycles. The van der Waals surface area contributed by atoms with Crippen LogP contribution < -0.4 is 0 Å². The summed E-state index contributed by atoms with van der Waals surface area (Å²) < 4.78 is 28.0. The highest BCUT2D eigenvalue weighted by Gasteiger charge is 2.32. The first-order chi connectivity index (χ1) is 6.68. The Morgan fingerprint density at radius 2 is 1.36 bits per heavy atom. The van der Waals surface area contributed by atoms with Gasteiger partial charge in [-0.1, -0.05) is 0 Å². The van der Waals surface area contributed by atoms with Crippen LogP contribution >= 0.6 is 0 Å². The molecule has 0 saturated carbocycles. The van der Waals surface area contributed by atoms with Crippen molar-refractivity contribution >= 4 is 0 Å². The second-order valence-corrected chi connectivity index (χ2v) is 2.68. The van der Waals surface area contributed by atoms with Gasteiger partial charge in [-0.15, -0.1) is 0 Å². The second kappa shape index (κ2) is 4.50. The van der Waals surface area contributed by atoms with Gasteiger partial charge in [0.25, 0.3) is 0 Å². The molecule has 0 aliphatic rings. The van der Waals surface area contributed by atoms with Crippen LogP contribution in [0.1, 0.15) is 5.56 Å². The molecule has 0 radical (unpaired) electrons. The molecule has 1 aromatic rings. The largest absolute Gasteiger partial charge is 0.327 e. The summed E-state index contributed by atoms with van der Waals surface area (Å²) in [5.41, 5.74) is 0.603. The number of hydrogen-bond acceptors (Lipinski definition) is 3. The summed E-state index contributed by atoms with van der Waals surface area (Å²) in [6.07, 6.45) is 0. The Morgan fingerprint density at radius 1 is 0.929 bits per heavy atom. The van der Waals surface area contributed by atoms with Gasteiger partial charge in [0.05, 0.1) is 0 Å². The summed E-state index contributed by atoms with van der Waals surface area (Å²) in [4.78, 5) is 0. The fraction of sp³-hybridized carbons (Fsp3) is 0.400. The summed E-state index contributed by atoms with van der Waals surface area (Å²) in [7, 11) is 4.36. The Morgan fingerprint density at radius 3 is 1.71 bits per heavy atom. The fourth-order valence-electron chi connectivity index (χ4n) is 1.26. The van der Waals surface area contributed by atoms with E-state index < -0.39 is 5.97 Å². The van der Waals surface area contributed by atoms with Gasteiger partial charge in [0.15, 0.2) is 0 Å². The van der Waals surface area contributed by atoms with Crippen molar-refractivity contribution in [2.75, 3.05) is 21.3 Å². The lowest BCUT2D eigenvalue weighted by molar-refractivity contribution is -0.364. The van der Waals surface area contributed by atoms with Gasteiger partial charge in [-0.05, 0) is 24.3 Å². The number of rotatable bonds is 4. The van der Waals surface area contributed by atoms with Gasteiger partial charge in [-0.2, -0.15) is 0 Å². The number of ether oxygens (including phenoxy) is 3. The predicted molar refractivity (Wildman–Crippen MR) is 49.1 cm³/mol. The van der Waals surface area contributed by atoms with E-state index >= 15 is 0 Å². The van der Waals surface area contributed by atoms with Crippen molar-refractivity contribution in [1.29, 1.82) is 0 Å². The van der Waals surface area contributed by atoms with Crippen LogP contribution in [0.25, 0.3) is 0 Å². The SMILES string of the molecule is COC(OC)(OC)c1ccc(F)cc1. The molecule has 0 unspecified atom stereocenters. The normalized spacial score (nSPS) is 11.7. The van der Waals surface area contributed by atoms with Crippen LogP contribution in [0.4, 0.5) is 4.39 Å². The van der Waals surface area contributed by atoms with E-state index in [1.54, 1.807) is 12.1 Å². The third-order valence-corrected chi connectivity index (χ3v) is 2.00. The molecule has 0 amide bonds. The molecular formula is C10H13FO3. The van der Waals surface area contributed by atoms with Crippen molar-refractivity contribution in [1.82, 2.24) is 0 Å². The average molecular weight is 200 g/mol. The molecule has 0 spiro atoms. The zero-order valence-corrected chi connectivity index (χ0v) is 8.41. The van der Waals surface area contributed by atoms with Crippen molar-refractivity contribution in [3.63, 3.8) is 0 Å². The number of halogens is 1. The number of hydrogen-bond donors (Lipinski definition) is 0. The second-order valence-electron chi connectivity index (χ2n) is 2.68. The van der Waals surface area contributed by atoms with Gasteiger partial charge in [0, 0.05) is 26.9 Å². The lowest BCUT2D eigenvalue weighted by atomic mass is 10.2. The third kappa shape index (κ3) is 1.92. The van der Waals surface area contributed by atoms with Crippen molar-refractivity contribution in [2.24, 2.45) is 0 Å². The molecule has 3 nitrogen and oxygen atoms in total. The zero-order chi connectivity index (χ0) is 10.6. The fourth-order valence-corrected chi connectivity index (χ4v) is 1.26. The smallest absolute Gasteiger partial charge is 0.311 e. The molecule has 0 aromatic heterocycles. The molecule has 0 aliphatic heterocycles. The van der Waals surface area contributed by atoms with E-state index in [4.69, 9.17) is 14.2 Å². The Hall–Kier alpha value is -0.970. The third-order valence-electron chi connectivity index (χ3n) is 2.00. The van der Waals surface area contributed by atoms with Crippen LogP contribution in [-0.4, -0.2) is 21.3 Å². The number of benzene rings is 1. The first kappa shape index (κ1) is 11.1. The van der Waals surface area contributed by atoms with Crippen LogP contribution in [0.3, 0.4) is 0 Å². The van der Waals surface area contributed by atoms with Crippen LogP contribution in [0.5, 0.6) is 0 Å². The lowest BCUT2D eigenvalue weighted by Gasteiger charge is -2.28. The van der Waals surface area contributed by atoms with Gasteiger partial charge in [-0.3, -0.25) is 0 Å². The van der Waals surface area contributed by atoms with Crippen molar-refractivity contribution < 1.29 is 18.6 Å². The standard InChI is InChI=1S/C10H13FO3/c1-12-10(13-2,14-3)8-4-6-9(11)7-5-8/h4-7H,1-3H3. The topological polar surface area (TPSA) is 27.7 Å². The Kier molecular flexibility index (Phi) is 3.57. The Labute approximate surface area is 82.4 Å². The van der Waals surface area contributed by atoms with E-state index in [1.165, 1.54) is 33.5 Å². The molecule has 4 heteroatoms. The first-order valence-electron chi connectivity index (χ1n) is 4.10. The minimum Gasteiger partial charge on any atom is -0.327 e. The van der Waals surface area contributed by atoms with E-state index in [2.05, 4.69) is 0 Å². The minimum atomic E-state index is -1.26. The van der Waals surface area contributed by atoms with Crippen molar-refractivity contribution in [3.05, 3.63) is 35.6 Å². The Balaban J connectivity index is 3.05. The minimum absolute atomic E-state index is 0.314. The molecule has 14 heavy (non-hydrogen) atoms. The maximum absolute atomic E-state index is 12.7. The predicted octanol–water partition coefficient (Wildman–Crippen LogP) is 1.88. The van der Waals surface area contributed by atoms with E-state index in [0.717, 1.165) is 0 Å². The van der Waals surface area contributed by atoms with E-state index in [9.17, 15) is 4.39 Å². The van der Waals surface area contributed by atoms with Crippen LogP contribution in [0, 0.1) is 5.82 Å². The lowest BCUT2D eigenvalue weighted by Crippen LogP contribution is -2.32. The van der Waals surface area contributed by atoms with E-state index in [-0.39, 0.29) is 5.82 Å². The van der Waals surface area contributed by atoms with Gasteiger partial charge >= 0.3 is 5.97 Å². The highest BCUT2D eigenvalue weighted by molar-refractivity contribution is 5.19. The molecular weight excluding hydrogens is 187 g/mol. The van der Waals surface area contributed by atoms with Gasteiger partial charge < -0.3 is 14.2 Å². The van der Waals surface area contributed by atoms with Crippen molar-refractivity contribution in [2.45, 2.75) is 5.97 Å². The molecule has 0 aliphatic carbocycles. The molecule has 78 valence electrons. The van der Waals surface area contributed by atoms with E-state index in [0.29, 0.717) is 5.56 Å². The molecule has 1 aromatic carbocycles. The highest BCUT2D eigenvalue weighted by atomic mass is 19.1. The maximum Gasteiger partial charge on any atom is 0.311 e. The quantitative estimate of drug-likeness (QED) is 0.694. The first-order valence-corrected chi connectivity index (χ1v) is 4.10. The summed E-state index contributed by atoms with van der Waals surface area (Å²) in [5.74, 6) is -1.57. The summed E-state index contributed by atoms with van der Waals surface area (Å²) >= 11 is 0. The summed E-state index contributed by atoms with van der Waals surface area (Å²) in [6.45, 7) is 0. The molecule has 0 fully saturated rings. The maximum atomic E-state index is 12.7. The average Bonchev–Trinajstić information content (AvgIpc) is 2.24. The monoisotopic (exact) mass is 200 g/mol. The number of methoxy groups -OCH3 is 3.